The molecule has 32 heavy (non-hydrogen) atoms. The number of hydrogen-bond donors (Lipinski definition) is 1. The molecule has 1 N–H and O–H groups in total. The number of ether oxygens (including phenoxy) is 3. The number of carbonyl (C=O) groups is 2. The lowest BCUT2D eigenvalue weighted by Crippen LogP contribution is -2.42. The van der Waals surface area contributed by atoms with Crippen LogP contribution in [0.3, 0.4) is 0 Å². The van der Waals surface area contributed by atoms with E-state index < -0.39 is 24.0 Å². The minimum absolute atomic E-state index is 0.0120. The van der Waals surface area contributed by atoms with E-state index in [1.807, 2.05) is 0 Å². The van der Waals surface area contributed by atoms with Gasteiger partial charge in [-0.05, 0) is 67.1 Å². The van der Waals surface area contributed by atoms with Crippen LogP contribution in [-0.2, 0) is 4.74 Å². The van der Waals surface area contributed by atoms with Gasteiger partial charge in [-0.2, -0.15) is 0 Å². The van der Waals surface area contributed by atoms with Crippen LogP contribution < -0.4 is 9.47 Å². The number of likely N-dealkylation sites (tertiary alicyclic amines) is 1. The average Bonchev–Trinajstić information content (AvgIpc) is 3.21. The monoisotopic (exact) mass is 443 g/mol. The zero-order chi connectivity index (χ0) is 22.8. The first-order chi connectivity index (χ1) is 15.4. The van der Waals surface area contributed by atoms with E-state index in [-0.39, 0.29) is 23.3 Å². The third kappa shape index (κ3) is 4.41. The first kappa shape index (κ1) is 22.1. The molecule has 1 aliphatic heterocycles. The number of rotatable bonds is 5. The summed E-state index contributed by atoms with van der Waals surface area (Å²) in [6, 6.07) is 10.7. The Hall–Kier alpha value is -3.13. The van der Waals surface area contributed by atoms with Gasteiger partial charge in [-0.3, -0.25) is 4.79 Å². The lowest BCUT2D eigenvalue weighted by atomic mass is 9.78. The molecule has 2 aromatic rings. The summed E-state index contributed by atoms with van der Waals surface area (Å²) in [6.45, 7) is 0.950. The highest BCUT2D eigenvalue weighted by molar-refractivity contribution is 5.95. The molecular formula is C24H26FNO6. The highest BCUT2D eigenvalue weighted by Gasteiger charge is 2.44. The molecule has 2 fully saturated rings. The molecule has 0 unspecified atom stereocenters. The highest BCUT2D eigenvalue weighted by atomic mass is 19.1. The summed E-state index contributed by atoms with van der Waals surface area (Å²) >= 11 is 0. The van der Waals surface area contributed by atoms with Crippen molar-refractivity contribution in [2.24, 2.45) is 11.8 Å². The summed E-state index contributed by atoms with van der Waals surface area (Å²) in [5.41, 5.74) is 0.404. The first-order valence-electron chi connectivity index (χ1n) is 10.6. The summed E-state index contributed by atoms with van der Waals surface area (Å²) in [5, 5.41) is 10.6. The van der Waals surface area contributed by atoms with Crippen LogP contribution >= 0.6 is 0 Å². The standard InChI is InChI=1S/C24H26FNO6/c1-30-18-7-8-20(25)19(11-18)23(28)26-12-15-9-21(27)22(10-16(15)13-26)32-17-5-3-14(4-6-17)24(29)31-2/h3-8,11,15-16,21-22,27H,9-10,12-13H2,1-2H3/t15-,16+,21+,22+/m0/s1. The van der Waals surface area contributed by atoms with Crippen molar-refractivity contribution in [2.75, 3.05) is 27.3 Å². The topological polar surface area (TPSA) is 85.3 Å². The number of nitrogens with zero attached hydrogens (tertiary/aromatic N) is 1. The van der Waals surface area contributed by atoms with E-state index in [9.17, 15) is 19.1 Å². The first-order valence-corrected chi connectivity index (χ1v) is 10.6. The van der Waals surface area contributed by atoms with Crippen molar-refractivity contribution in [3.05, 3.63) is 59.4 Å². The van der Waals surface area contributed by atoms with Gasteiger partial charge >= 0.3 is 5.97 Å². The van der Waals surface area contributed by atoms with Crippen LogP contribution in [0.15, 0.2) is 42.5 Å². The number of benzene rings is 2. The summed E-state index contributed by atoms with van der Waals surface area (Å²) in [4.78, 5) is 26.2. The van der Waals surface area contributed by atoms with E-state index in [4.69, 9.17) is 9.47 Å². The van der Waals surface area contributed by atoms with Gasteiger partial charge in [0, 0.05) is 13.1 Å². The van der Waals surface area contributed by atoms with E-state index >= 15 is 0 Å². The SMILES string of the molecule is COC(=O)c1ccc(O[C@@H]2C[C@@H]3CN(C(=O)c4cc(OC)ccc4F)C[C@@H]3C[C@H]2O)cc1. The van der Waals surface area contributed by atoms with Crippen molar-refractivity contribution in [3.63, 3.8) is 0 Å². The maximum Gasteiger partial charge on any atom is 0.337 e. The third-order valence-corrected chi connectivity index (χ3v) is 6.34. The molecule has 2 aliphatic rings. The normalized spacial score (nSPS) is 24.6. The number of carbonyl (C=O) groups excluding carboxylic acids is 2. The zero-order valence-electron chi connectivity index (χ0n) is 18.0. The molecule has 0 spiro atoms. The van der Waals surface area contributed by atoms with Crippen LogP contribution in [0, 0.1) is 17.7 Å². The number of hydrogen-bond acceptors (Lipinski definition) is 6. The summed E-state index contributed by atoms with van der Waals surface area (Å²) in [5.74, 6) is -0.138. The Morgan fingerprint density at radius 2 is 1.66 bits per heavy atom. The molecular weight excluding hydrogens is 417 g/mol. The number of halogens is 1. The summed E-state index contributed by atoms with van der Waals surface area (Å²) < 4.78 is 30.1. The minimum atomic E-state index is -0.680. The van der Waals surface area contributed by atoms with Gasteiger partial charge in [0.05, 0.1) is 31.5 Å². The Kier molecular flexibility index (Phi) is 6.32. The van der Waals surface area contributed by atoms with Crippen LogP contribution in [0.5, 0.6) is 11.5 Å². The maximum atomic E-state index is 14.3. The third-order valence-electron chi connectivity index (χ3n) is 6.34. The summed E-state index contributed by atoms with van der Waals surface area (Å²) in [6.07, 6.45) is -0.0291. The molecule has 4 rings (SSSR count). The molecule has 0 bridgehead atoms. The molecule has 1 heterocycles. The molecule has 1 saturated heterocycles. The Morgan fingerprint density at radius 3 is 2.31 bits per heavy atom. The second kappa shape index (κ2) is 9.16. The smallest absolute Gasteiger partial charge is 0.337 e. The molecule has 7 nitrogen and oxygen atoms in total. The number of amides is 1. The van der Waals surface area contributed by atoms with E-state index in [1.165, 1.54) is 32.4 Å². The fourth-order valence-electron chi connectivity index (χ4n) is 4.61. The summed E-state index contributed by atoms with van der Waals surface area (Å²) in [7, 11) is 2.79. The predicted molar refractivity (Wildman–Crippen MR) is 113 cm³/mol. The van der Waals surface area contributed by atoms with Crippen molar-refractivity contribution in [3.8, 4) is 11.5 Å². The molecule has 170 valence electrons. The number of aliphatic hydroxyl groups is 1. The van der Waals surface area contributed by atoms with Crippen LogP contribution in [-0.4, -0.2) is 61.4 Å². The van der Waals surface area contributed by atoms with Crippen molar-refractivity contribution in [2.45, 2.75) is 25.0 Å². The number of methoxy groups -OCH3 is 2. The average molecular weight is 443 g/mol. The van der Waals surface area contributed by atoms with Crippen LogP contribution in [0.2, 0.25) is 0 Å². The van der Waals surface area contributed by atoms with Gasteiger partial charge < -0.3 is 24.2 Å². The highest BCUT2D eigenvalue weighted by Crippen LogP contribution is 2.38. The second-order valence-electron chi connectivity index (χ2n) is 8.29. The molecule has 0 aromatic heterocycles. The van der Waals surface area contributed by atoms with Crippen molar-refractivity contribution < 1.29 is 33.3 Å². The largest absolute Gasteiger partial charge is 0.497 e. The van der Waals surface area contributed by atoms with E-state index in [1.54, 1.807) is 29.2 Å². The molecule has 8 heteroatoms. The van der Waals surface area contributed by atoms with Crippen LogP contribution in [0.1, 0.15) is 33.6 Å². The lowest BCUT2D eigenvalue weighted by Gasteiger charge is -2.35. The number of aliphatic hydroxyl groups excluding tert-OH is 1. The van der Waals surface area contributed by atoms with Crippen molar-refractivity contribution in [1.29, 1.82) is 0 Å². The Morgan fingerprint density at radius 1 is 1.00 bits per heavy atom. The molecule has 4 atom stereocenters. The fraction of sp³-hybridized carbons (Fsp3) is 0.417. The van der Waals surface area contributed by atoms with Gasteiger partial charge in [0.1, 0.15) is 23.4 Å². The minimum Gasteiger partial charge on any atom is -0.497 e. The van der Waals surface area contributed by atoms with Crippen LogP contribution in [0.25, 0.3) is 0 Å². The second-order valence-corrected chi connectivity index (χ2v) is 8.29. The Bertz CT molecular complexity index is 994. The van der Waals surface area contributed by atoms with Crippen molar-refractivity contribution >= 4 is 11.9 Å². The zero-order valence-corrected chi connectivity index (χ0v) is 18.0. The van der Waals surface area contributed by atoms with E-state index in [2.05, 4.69) is 4.74 Å². The molecule has 1 amide bonds. The van der Waals surface area contributed by atoms with E-state index in [0.29, 0.717) is 43.0 Å². The van der Waals surface area contributed by atoms with Gasteiger partial charge in [0.15, 0.2) is 0 Å². The van der Waals surface area contributed by atoms with E-state index in [0.717, 1.165) is 0 Å². The molecule has 1 aliphatic carbocycles. The molecule has 1 saturated carbocycles. The Labute approximate surface area is 185 Å². The van der Waals surface area contributed by atoms with Gasteiger partial charge in [-0.25, -0.2) is 9.18 Å². The van der Waals surface area contributed by atoms with Gasteiger partial charge in [-0.15, -0.1) is 0 Å². The number of esters is 1. The fourth-order valence-corrected chi connectivity index (χ4v) is 4.61. The maximum absolute atomic E-state index is 14.3. The predicted octanol–water partition coefficient (Wildman–Crippen LogP) is 2.91. The number of fused-ring (bicyclic) bond motifs is 1. The van der Waals surface area contributed by atoms with Crippen LogP contribution in [0.4, 0.5) is 4.39 Å². The quantitative estimate of drug-likeness (QED) is 0.716. The van der Waals surface area contributed by atoms with Gasteiger partial charge in [0.2, 0.25) is 0 Å². The lowest BCUT2D eigenvalue weighted by molar-refractivity contribution is -0.0231. The van der Waals surface area contributed by atoms with Crippen molar-refractivity contribution in [1.82, 2.24) is 4.90 Å². The van der Waals surface area contributed by atoms with Gasteiger partial charge in [-0.1, -0.05) is 0 Å². The molecule has 0 radical (unpaired) electrons. The van der Waals surface area contributed by atoms with Gasteiger partial charge in [0.25, 0.3) is 5.91 Å². The molecule has 2 aromatic carbocycles. The Balaban J connectivity index is 1.41.